The van der Waals surface area contributed by atoms with Crippen molar-refractivity contribution in [3.63, 3.8) is 0 Å². The number of amides is 2. The SMILES string of the molecule is O=C(Nc1cc(F)ccc1F)C1CC(=O)N(c2ccccc2)C1. The van der Waals surface area contributed by atoms with Gasteiger partial charge in [-0.2, -0.15) is 0 Å². The van der Waals surface area contributed by atoms with Crippen LogP contribution in [0.1, 0.15) is 6.42 Å². The van der Waals surface area contributed by atoms with Crippen LogP contribution < -0.4 is 10.2 Å². The Labute approximate surface area is 131 Å². The number of nitrogens with one attached hydrogen (secondary N) is 1. The Morgan fingerprint density at radius 1 is 1.13 bits per heavy atom. The fraction of sp³-hybridized carbons (Fsp3) is 0.176. The molecule has 1 aliphatic heterocycles. The summed E-state index contributed by atoms with van der Waals surface area (Å²) < 4.78 is 26.7. The van der Waals surface area contributed by atoms with Crippen molar-refractivity contribution in [2.45, 2.75) is 6.42 Å². The van der Waals surface area contributed by atoms with Gasteiger partial charge in [0.25, 0.3) is 0 Å². The van der Waals surface area contributed by atoms with E-state index >= 15 is 0 Å². The summed E-state index contributed by atoms with van der Waals surface area (Å²) in [5.41, 5.74) is 0.491. The van der Waals surface area contributed by atoms with Crippen molar-refractivity contribution >= 4 is 23.2 Å². The lowest BCUT2D eigenvalue weighted by molar-refractivity contribution is -0.122. The average molecular weight is 316 g/mol. The maximum atomic E-state index is 13.6. The molecule has 6 heteroatoms. The standard InChI is InChI=1S/C17H14F2N2O2/c18-12-6-7-14(19)15(9-12)20-17(23)11-8-16(22)21(10-11)13-4-2-1-3-5-13/h1-7,9,11H,8,10H2,(H,20,23). The second-order valence-corrected chi connectivity index (χ2v) is 5.35. The highest BCUT2D eigenvalue weighted by Crippen LogP contribution is 2.26. The molecule has 2 amide bonds. The minimum absolute atomic E-state index is 0.0393. The lowest BCUT2D eigenvalue weighted by Gasteiger charge is -2.16. The molecule has 1 atom stereocenters. The van der Waals surface area contributed by atoms with Crippen LogP contribution in [0.3, 0.4) is 0 Å². The van der Waals surface area contributed by atoms with Gasteiger partial charge >= 0.3 is 0 Å². The van der Waals surface area contributed by atoms with Gasteiger partial charge in [-0.25, -0.2) is 8.78 Å². The molecule has 1 fully saturated rings. The first kappa shape index (κ1) is 15.1. The normalized spacial score (nSPS) is 17.4. The maximum Gasteiger partial charge on any atom is 0.229 e. The number of rotatable bonds is 3. The van der Waals surface area contributed by atoms with Crippen LogP contribution in [0.5, 0.6) is 0 Å². The lowest BCUT2D eigenvalue weighted by Crippen LogP contribution is -2.28. The maximum absolute atomic E-state index is 13.6. The van der Waals surface area contributed by atoms with Gasteiger partial charge in [0.15, 0.2) is 0 Å². The lowest BCUT2D eigenvalue weighted by atomic mass is 10.1. The van der Waals surface area contributed by atoms with E-state index in [0.717, 1.165) is 18.2 Å². The highest BCUT2D eigenvalue weighted by atomic mass is 19.1. The van der Waals surface area contributed by atoms with Gasteiger partial charge < -0.3 is 10.2 Å². The summed E-state index contributed by atoms with van der Waals surface area (Å²) >= 11 is 0. The molecule has 0 aliphatic carbocycles. The number of hydrogen-bond acceptors (Lipinski definition) is 2. The third-order valence-corrected chi connectivity index (χ3v) is 3.75. The molecule has 0 spiro atoms. The van der Waals surface area contributed by atoms with E-state index in [2.05, 4.69) is 5.32 Å². The Morgan fingerprint density at radius 3 is 2.61 bits per heavy atom. The molecule has 118 valence electrons. The summed E-state index contributed by atoms with van der Waals surface area (Å²) in [5.74, 6) is -2.64. The summed E-state index contributed by atoms with van der Waals surface area (Å²) in [7, 11) is 0. The van der Waals surface area contributed by atoms with Crippen LogP contribution in [0.2, 0.25) is 0 Å². The molecular formula is C17H14F2N2O2. The molecule has 1 saturated heterocycles. The molecule has 1 N–H and O–H groups in total. The molecule has 0 saturated carbocycles. The smallest absolute Gasteiger partial charge is 0.229 e. The highest BCUT2D eigenvalue weighted by Gasteiger charge is 2.35. The molecule has 0 aromatic heterocycles. The number of nitrogens with zero attached hydrogens (tertiary/aromatic N) is 1. The molecule has 0 bridgehead atoms. The van der Waals surface area contributed by atoms with Crippen molar-refractivity contribution in [1.29, 1.82) is 0 Å². The zero-order valence-electron chi connectivity index (χ0n) is 12.1. The fourth-order valence-electron chi connectivity index (χ4n) is 2.57. The fourth-order valence-corrected chi connectivity index (χ4v) is 2.57. The summed E-state index contributed by atoms with van der Waals surface area (Å²) in [6, 6.07) is 11.8. The predicted octanol–water partition coefficient (Wildman–Crippen LogP) is 2.96. The van der Waals surface area contributed by atoms with Crippen LogP contribution in [0.25, 0.3) is 0 Å². The minimum atomic E-state index is -0.719. The largest absolute Gasteiger partial charge is 0.323 e. The van der Waals surface area contributed by atoms with Crippen molar-refractivity contribution in [2.24, 2.45) is 5.92 Å². The topological polar surface area (TPSA) is 49.4 Å². The summed E-state index contributed by atoms with van der Waals surface area (Å²) in [4.78, 5) is 25.8. The van der Waals surface area contributed by atoms with E-state index in [1.54, 1.807) is 24.3 Å². The van der Waals surface area contributed by atoms with Gasteiger partial charge in [0.1, 0.15) is 11.6 Å². The Bertz CT molecular complexity index is 750. The van der Waals surface area contributed by atoms with Crippen LogP contribution >= 0.6 is 0 Å². The first-order chi connectivity index (χ1) is 11.0. The molecule has 4 nitrogen and oxygen atoms in total. The van der Waals surface area contributed by atoms with Crippen LogP contribution in [0, 0.1) is 17.6 Å². The van der Waals surface area contributed by atoms with E-state index in [-0.39, 0.29) is 24.6 Å². The number of para-hydroxylation sites is 1. The van der Waals surface area contributed by atoms with Gasteiger partial charge in [-0.15, -0.1) is 0 Å². The molecule has 2 aromatic carbocycles. The Hall–Kier alpha value is -2.76. The van der Waals surface area contributed by atoms with E-state index in [0.29, 0.717) is 5.69 Å². The molecule has 1 unspecified atom stereocenters. The highest BCUT2D eigenvalue weighted by molar-refractivity contribution is 6.03. The van der Waals surface area contributed by atoms with Gasteiger partial charge in [0, 0.05) is 24.7 Å². The van der Waals surface area contributed by atoms with Crippen molar-refractivity contribution in [1.82, 2.24) is 0 Å². The third-order valence-electron chi connectivity index (χ3n) is 3.75. The zero-order chi connectivity index (χ0) is 16.4. The molecule has 2 aromatic rings. The Morgan fingerprint density at radius 2 is 1.87 bits per heavy atom. The van der Waals surface area contributed by atoms with Crippen molar-refractivity contribution in [3.8, 4) is 0 Å². The number of anilines is 2. The number of benzene rings is 2. The van der Waals surface area contributed by atoms with E-state index < -0.39 is 23.5 Å². The summed E-state index contributed by atoms with van der Waals surface area (Å²) in [6.45, 7) is 0.214. The van der Waals surface area contributed by atoms with E-state index in [1.807, 2.05) is 6.07 Å². The van der Waals surface area contributed by atoms with Gasteiger partial charge in [-0.1, -0.05) is 18.2 Å². The second-order valence-electron chi connectivity index (χ2n) is 5.35. The monoisotopic (exact) mass is 316 g/mol. The number of hydrogen-bond donors (Lipinski definition) is 1. The van der Waals surface area contributed by atoms with Crippen LogP contribution in [-0.4, -0.2) is 18.4 Å². The number of carbonyl (C=O) groups excluding carboxylic acids is 2. The molecule has 3 rings (SSSR count). The molecular weight excluding hydrogens is 302 g/mol. The first-order valence-corrected chi connectivity index (χ1v) is 7.16. The number of carbonyl (C=O) groups is 2. The molecule has 1 heterocycles. The van der Waals surface area contributed by atoms with Crippen LogP contribution in [-0.2, 0) is 9.59 Å². The third kappa shape index (κ3) is 3.21. The van der Waals surface area contributed by atoms with E-state index in [1.165, 1.54) is 4.90 Å². The van der Waals surface area contributed by atoms with E-state index in [9.17, 15) is 18.4 Å². The first-order valence-electron chi connectivity index (χ1n) is 7.16. The Balaban J connectivity index is 1.72. The molecule has 23 heavy (non-hydrogen) atoms. The van der Waals surface area contributed by atoms with E-state index in [4.69, 9.17) is 0 Å². The summed E-state index contributed by atoms with van der Waals surface area (Å²) in [6.07, 6.45) is 0.0393. The molecule has 0 radical (unpaired) electrons. The minimum Gasteiger partial charge on any atom is -0.323 e. The van der Waals surface area contributed by atoms with Crippen molar-refractivity contribution < 1.29 is 18.4 Å². The average Bonchev–Trinajstić information content (AvgIpc) is 2.94. The van der Waals surface area contributed by atoms with Crippen molar-refractivity contribution in [3.05, 3.63) is 60.2 Å². The Kier molecular flexibility index (Phi) is 4.06. The predicted molar refractivity (Wildman–Crippen MR) is 81.9 cm³/mol. The van der Waals surface area contributed by atoms with Gasteiger partial charge in [0.2, 0.25) is 11.8 Å². The molecule has 1 aliphatic rings. The van der Waals surface area contributed by atoms with Gasteiger partial charge in [0.05, 0.1) is 11.6 Å². The quantitative estimate of drug-likeness (QED) is 0.946. The zero-order valence-corrected chi connectivity index (χ0v) is 12.1. The number of halogens is 2. The van der Waals surface area contributed by atoms with Crippen LogP contribution in [0.15, 0.2) is 48.5 Å². The van der Waals surface area contributed by atoms with Crippen molar-refractivity contribution in [2.75, 3.05) is 16.8 Å². The van der Waals surface area contributed by atoms with Gasteiger partial charge in [-0.05, 0) is 24.3 Å². The summed E-state index contributed by atoms with van der Waals surface area (Å²) in [5, 5.41) is 2.35. The second kappa shape index (κ2) is 6.16. The van der Waals surface area contributed by atoms with Crippen LogP contribution in [0.4, 0.5) is 20.2 Å². The van der Waals surface area contributed by atoms with Gasteiger partial charge in [-0.3, -0.25) is 9.59 Å².